The monoisotopic (exact) mass is 251 g/mol. The van der Waals surface area contributed by atoms with E-state index < -0.39 is 0 Å². The highest BCUT2D eigenvalue weighted by Crippen LogP contribution is 2.03. The van der Waals surface area contributed by atoms with Crippen LogP contribution < -0.4 is 5.32 Å². The van der Waals surface area contributed by atoms with Gasteiger partial charge < -0.3 is 10.1 Å². The van der Waals surface area contributed by atoms with Crippen molar-refractivity contribution < 1.29 is 13.9 Å². The van der Waals surface area contributed by atoms with Crippen molar-refractivity contribution in [3.05, 3.63) is 47.8 Å². The Balaban J connectivity index is 2.23. The molecule has 0 atom stereocenters. The molecule has 98 valence electrons. The summed E-state index contributed by atoms with van der Waals surface area (Å²) in [6.07, 6.45) is 0.702. The first kappa shape index (κ1) is 14.4. The average Bonchev–Trinajstić information content (AvgIpc) is 2.35. The average molecular weight is 251 g/mol. The summed E-state index contributed by atoms with van der Waals surface area (Å²) < 4.78 is 17.7. The van der Waals surface area contributed by atoms with Crippen molar-refractivity contribution >= 4 is 5.97 Å². The lowest BCUT2D eigenvalue weighted by Gasteiger charge is -2.07. The summed E-state index contributed by atoms with van der Waals surface area (Å²) in [5.41, 5.74) is 1.32. The van der Waals surface area contributed by atoms with Gasteiger partial charge in [-0.3, -0.25) is 0 Å². The van der Waals surface area contributed by atoms with E-state index >= 15 is 0 Å². The number of hydrogen-bond donors (Lipinski definition) is 1. The Kier molecular flexibility index (Phi) is 6.08. The second-order valence-electron chi connectivity index (χ2n) is 3.88. The number of carbonyl (C=O) groups excluding carboxylic acids is 1. The number of esters is 1. The van der Waals surface area contributed by atoms with E-state index in [1.54, 1.807) is 13.0 Å². The molecule has 18 heavy (non-hydrogen) atoms. The van der Waals surface area contributed by atoms with Gasteiger partial charge in [-0.05, 0) is 37.6 Å². The lowest BCUT2D eigenvalue weighted by Crippen LogP contribution is -2.23. The van der Waals surface area contributed by atoms with Gasteiger partial charge in [0.2, 0.25) is 0 Å². The Morgan fingerprint density at radius 2 is 2.28 bits per heavy atom. The fourth-order valence-electron chi connectivity index (χ4n) is 1.47. The smallest absolute Gasteiger partial charge is 0.334 e. The molecular formula is C14H18FNO2. The predicted octanol–water partition coefficient (Wildman–Crippen LogP) is 2.08. The zero-order valence-corrected chi connectivity index (χ0v) is 10.5. The van der Waals surface area contributed by atoms with Crippen LogP contribution in [0.4, 0.5) is 4.39 Å². The number of halogens is 1. The maximum absolute atomic E-state index is 12.9. The Morgan fingerprint density at radius 1 is 1.50 bits per heavy atom. The van der Waals surface area contributed by atoms with E-state index in [4.69, 9.17) is 4.74 Å². The summed E-state index contributed by atoms with van der Waals surface area (Å²) in [5.74, 6) is -0.612. The highest BCUT2D eigenvalue weighted by molar-refractivity contribution is 5.88. The fourth-order valence-corrected chi connectivity index (χ4v) is 1.47. The Bertz CT molecular complexity index is 418. The number of hydrogen-bond acceptors (Lipinski definition) is 3. The van der Waals surface area contributed by atoms with Crippen LogP contribution in [0.2, 0.25) is 0 Å². The Morgan fingerprint density at radius 3 is 2.94 bits per heavy atom. The van der Waals surface area contributed by atoms with E-state index in [1.165, 1.54) is 12.1 Å². The fraction of sp³-hybridized carbons (Fsp3) is 0.357. The molecule has 0 fully saturated rings. The molecule has 0 bridgehead atoms. The number of benzene rings is 1. The zero-order chi connectivity index (χ0) is 13.4. The third-order valence-corrected chi connectivity index (χ3v) is 2.38. The quantitative estimate of drug-likeness (QED) is 0.458. The van der Waals surface area contributed by atoms with Gasteiger partial charge >= 0.3 is 5.97 Å². The van der Waals surface area contributed by atoms with Crippen molar-refractivity contribution in [2.75, 3.05) is 19.7 Å². The molecule has 3 nitrogen and oxygen atoms in total. The first-order valence-corrected chi connectivity index (χ1v) is 5.93. The van der Waals surface area contributed by atoms with Gasteiger partial charge in [0.25, 0.3) is 0 Å². The topological polar surface area (TPSA) is 38.3 Å². The van der Waals surface area contributed by atoms with E-state index in [9.17, 15) is 9.18 Å². The largest absolute Gasteiger partial charge is 0.463 e. The summed E-state index contributed by atoms with van der Waals surface area (Å²) in [5, 5.41) is 3.07. The van der Waals surface area contributed by atoms with E-state index in [2.05, 4.69) is 11.9 Å². The third-order valence-electron chi connectivity index (χ3n) is 2.38. The maximum atomic E-state index is 12.9. The van der Waals surface area contributed by atoms with E-state index in [1.807, 2.05) is 6.07 Å². The van der Waals surface area contributed by atoms with Crippen molar-refractivity contribution in [3.63, 3.8) is 0 Å². The highest BCUT2D eigenvalue weighted by Gasteiger charge is 2.06. The minimum absolute atomic E-state index is 0.233. The van der Waals surface area contributed by atoms with Crippen molar-refractivity contribution in [2.24, 2.45) is 0 Å². The molecule has 0 heterocycles. The molecule has 0 aromatic heterocycles. The van der Waals surface area contributed by atoms with Gasteiger partial charge in [0.15, 0.2) is 0 Å². The van der Waals surface area contributed by atoms with Crippen LogP contribution in [-0.2, 0) is 16.0 Å². The second kappa shape index (κ2) is 7.61. The van der Waals surface area contributed by atoms with E-state index in [-0.39, 0.29) is 11.8 Å². The van der Waals surface area contributed by atoms with Crippen molar-refractivity contribution in [1.82, 2.24) is 5.32 Å². The molecule has 0 aliphatic heterocycles. The Hall–Kier alpha value is -1.68. The van der Waals surface area contributed by atoms with E-state index in [0.29, 0.717) is 31.7 Å². The van der Waals surface area contributed by atoms with Crippen molar-refractivity contribution in [2.45, 2.75) is 13.3 Å². The lowest BCUT2D eigenvalue weighted by atomic mass is 10.1. The molecule has 0 amide bonds. The van der Waals surface area contributed by atoms with Gasteiger partial charge in [-0.2, -0.15) is 0 Å². The lowest BCUT2D eigenvalue weighted by molar-refractivity contribution is -0.138. The zero-order valence-electron chi connectivity index (χ0n) is 10.5. The second-order valence-corrected chi connectivity index (χ2v) is 3.88. The predicted molar refractivity (Wildman–Crippen MR) is 68.7 cm³/mol. The van der Waals surface area contributed by atoms with Crippen LogP contribution in [-0.4, -0.2) is 25.7 Å². The molecule has 0 aliphatic rings. The van der Waals surface area contributed by atoms with Crippen LogP contribution in [0.5, 0.6) is 0 Å². The molecule has 0 unspecified atom stereocenters. The minimum Gasteiger partial charge on any atom is -0.463 e. The summed E-state index contributed by atoms with van der Waals surface area (Å²) in [7, 11) is 0. The summed E-state index contributed by atoms with van der Waals surface area (Å²) in [6.45, 7) is 6.77. The number of carbonyl (C=O) groups is 1. The third kappa shape index (κ3) is 5.10. The summed E-state index contributed by atoms with van der Waals surface area (Å²) >= 11 is 0. The first-order valence-electron chi connectivity index (χ1n) is 5.93. The van der Waals surface area contributed by atoms with Gasteiger partial charge in [-0.25, -0.2) is 9.18 Å². The van der Waals surface area contributed by atoms with E-state index in [0.717, 1.165) is 5.56 Å². The van der Waals surface area contributed by atoms with Gasteiger partial charge in [-0.1, -0.05) is 18.7 Å². The molecule has 0 radical (unpaired) electrons. The van der Waals surface area contributed by atoms with Gasteiger partial charge in [0.05, 0.1) is 6.61 Å². The molecule has 4 heteroatoms. The van der Waals surface area contributed by atoms with Crippen LogP contribution in [0.3, 0.4) is 0 Å². The van der Waals surface area contributed by atoms with Gasteiger partial charge in [0, 0.05) is 12.1 Å². The molecular weight excluding hydrogens is 233 g/mol. The summed E-state index contributed by atoms with van der Waals surface area (Å²) in [4.78, 5) is 11.2. The number of rotatable bonds is 7. The highest BCUT2D eigenvalue weighted by atomic mass is 19.1. The minimum atomic E-state index is -0.379. The van der Waals surface area contributed by atoms with Crippen molar-refractivity contribution in [1.29, 1.82) is 0 Å². The maximum Gasteiger partial charge on any atom is 0.334 e. The normalized spacial score (nSPS) is 10.1. The molecule has 1 aromatic carbocycles. The van der Waals surface area contributed by atoms with Gasteiger partial charge in [-0.15, -0.1) is 0 Å². The van der Waals surface area contributed by atoms with Crippen LogP contribution in [0.1, 0.15) is 12.5 Å². The van der Waals surface area contributed by atoms with Crippen LogP contribution in [0.15, 0.2) is 36.4 Å². The molecule has 1 rings (SSSR count). The molecule has 0 saturated carbocycles. The van der Waals surface area contributed by atoms with Gasteiger partial charge in [0.1, 0.15) is 5.82 Å². The number of nitrogens with one attached hydrogen (secondary N) is 1. The molecule has 1 aromatic rings. The molecule has 0 aliphatic carbocycles. The SMILES string of the molecule is C=C(CNCCc1cccc(F)c1)C(=O)OCC. The number of ether oxygens (including phenoxy) is 1. The molecule has 0 saturated heterocycles. The first-order chi connectivity index (χ1) is 8.63. The van der Waals surface area contributed by atoms with Crippen LogP contribution in [0.25, 0.3) is 0 Å². The van der Waals surface area contributed by atoms with Crippen molar-refractivity contribution in [3.8, 4) is 0 Å². The van der Waals surface area contributed by atoms with Crippen LogP contribution >= 0.6 is 0 Å². The molecule has 0 spiro atoms. The molecule has 1 N–H and O–H groups in total. The van der Waals surface area contributed by atoms with Crippen LogP contribution in [0, 0.1) is 5.82 Å². The Labute approximate surface area is 107 Å². The summed E-state index contributed by atoms with van der Waals surface area (Å²) in [6, 6.07) is 6.47. The standard InChI is InChI=1S/C14H18FNO2/c1-3-18-14(17)11(2)10-16-8-7-12-5-4-6-13(15)9-12/h4-6,9,16H,2-3,7-8,10H2,1H3.